The van der Waals surface area contributed by atoms with Gasteiger partial charge < -0.3 is 9.15 Å². The van der Waals surface area contributed by atoms with Gasteiger partial charge in [-0.3, -0.25) is 9.69 Å². The van der Waals surface area contributed by atoms with Gasteiger partial charge in [-0.25, -0.2) is 4.79 Å². The number of carbonyl (C=O) groups excluding carboxylic acids is 2. The van der Waals surface area contributed by atoms with Gasteiger partial charge in [-0.15, -0.1) is 0 Å². The Hall–Kier alpha value is -2.90. The van der Waals surface area contributed by atoms with Crippen LogP contribution in [0.2, 0.25) is 0 Å². The summed E-state index contributed by atoms with van der Waals surface area (Å²) < 4.78 is 11.8. The fourth-order valence-electron chi connectivity index (χ4n) is 3.52. The molecule has 1 aromatic heterocycles. The summed E-state index contributed by atoms with van der Waals surface area (Å²) in [5, 5.41) is 0.891. The maximum Gasteiger partial charge on any atom is 0.379 e. The number of unbranched alkanes of at least 4 members (excludes halogenated alkanes) is 2. The average Bonchev–Trinajstić information content (AvgIpc) is 3.26. The summed E-state index contributed by atoms with van der Waals surface area (Å²) in [4.78, 5) is 27.5. The number of hydrogen-bond acceptors (Lipinski definition) is 6. The average molecular weight is 466 g/mol. The van der Waals surface area contributed by atoms with Crippen molar-refractivity contribution in [2.24, 2.45) is 0 Å². The molecule has 0 radical (unpaired) electrons. The zero-order valence-electron chi connectivity index (χ0n) is 17.9. The number of nitrogens with zero attached hydrogens (tertiary/aromatic N) is 1. The van der Waals surface area contributed by atoms with Crippen LogP contribution in [0.15, 0.2) is 57.9 Å². The number of thioether (sulfide) groups is 1. The predicted octanol–water partition coefficient (Wildman–Crippen LogP) is 6.35. The highest BCUT2D eigenvalue weighted by Crippen LogP contribution is 2.33. The van der Waals surface area contributed by atoms with E-state index in [-0.39, 0.29) is 11.7 Å². The molecule has 2 aromatic carbocycles. The fraction of sp³-hybridized carbons (Fsp3) is 0.240. The largest absolute Gasteiger partial charge is 0.449 e. The van der Waals surface area contributed by atoms with Gasteiger partial charge in [-0.1, -0.05) is 74.1 Å². The van der Waals surface area contributed by atoms with Crippen molar-refractivity contribution in [2.75, 3.05) is 6.54 Å². The van der Waals surface area contributed by atoms with Crippen molar-refractivity contribution in [1.29, 1.82) is 0 Å². The Morgan fingerprint density at radius 2 is 1.91 bits per heavy atom. The first-order valence-electron chi connectivity index (χ1n) is 10.5. The Morgan fingerprint density at radius 1 is 1.16 bits per heavy atom. The van der Waals surface area contributed by atoms with E-state index in [9.17, 15) is 9.59 Å². The van der Waals surface area contributed by atoms with E-state index in [4.69, 9.17) is 21.4 Å². The minimum atomic E-state index is -0.542. The van der Waals surface area contributed by atoms with Gasteiger partial charge in [0.1, 0.15) is 15.7 Å². The number of ether oxygens (including phenoxy) is 1. The van der Waals surface area contributed by atoms with Gasteiger partial charge in [0.05, 0.1) is 4.91 Å². The summed E-state index contributed by atoms with van der Waals surface area (Å²) >= 11 is 6.69. The summed E-state index contributed by atoms with van der Waals surface area (Å²) in [7, 11) is 0. The topological polar surface area (TPSA) is 59.8 Å². The van der Waals surface area contributed by atoms with E-state index in [1.165, 1.54) is 11.8 Å². The highest BCUT2D eigenvalue weighted by molar-refractivity contribution is 8.26. The molecule has 7 heteroatoms. The van der Waals surface area contributed by atoms with Crippen LogP contribution in [0.3, 0.4) is 0 Å². The molecule has 0 atom stereocenters. The van der Waals surface area contributed by atoms with E-state index in [1.807, 2.05) is 37.3 Å². The van der Waals surface area contributed by atoms with E-state index >= 15 is 0 Å². The van der Waals surface area contributed by atoms with Gasteiger partial charge in [-0.05, 0) is 43.2 Å². The summed E-state index contributed by atoms with van der Waals surface area (Å²) in [6.45, 7) is 4.62. The van der Waals surface area contributed by atoms with E-state index in [0.717, 1.165) is 35.8 Å². The highest BCUT2D eigenvalue weighted by atomic mass is 32.2. The number of hydrogen-bond donors (Lipinski definition) is 0. The van der Waals surface area contributed by atoms with E-state index < -0.39 is 5.97 Å². The molecule has 4 rings (SSSR count). The molecule has 1 amide bonds. The Bertz CT molecular complexity index is 1210. The molecule has 3 aromatic rings. The molecule has 0 aliphatic carbocycles. The number of fused-ring (bicyclic) bond motifs is 1. The van der Waals surface area contributed by atoms with Gasteiger partial charge in [0.2, 0.25) is 5.76 Å². The number of esters is 1. The van der Waals surface area contributed by atoms with Gasteiger partial charge >= 0.3 is 5.97 Å². The molecular weight excluding hydrogens is 442 g/mol. The molecule has 32 heavy (non-hydrogen) atoms. The van der Waals surface area contributed by atoms with Crippen molar-refractivity contribution in [2.45, 2.75) is 33.1 Å². The SMILES string of the molecule is CCCCCN1C(=O)/C(=C\c2ccc(OC(=O)c3oc4ccccc4c3C)cc2)SC1=S. The van der Waals surface area contributed by atoms with Crippen LogP contribution in [0, 0.1) is 6.92 Å². The first-order chi connectivity index (χ1) is 15.5. The molecule has 164 valence electrons. The van der Waals surface area contributed by atoms with Crippen LogP contribution in [-0.4, -0.2) is 27.6 Å². The normalized spacial score (nSPS) is 15.2. The number of carbonyl (C=O) groups is 2. The first-order valence-corrected chi connectivity index (χ1v) is 11.8. The summed E-state index contributed by atoms with van der Waals surface area (Å²) in [5.74, 6) is 0.00696. The lowest BCUT2D eigenvalue weighted by Gasteiger charge is -2.13. The third-order valence-electron chi connectivity index (χ3n) is 5.28. The summed E-state index contributed by atoms with van der Waals surface area (Å²) in [6.07, 6.45) is 4.93. The van der Waals surface area contributed by atoms with Crippen LogP contribution in [0.5, 0.6) is 5.75 Å². The second-order valence-corrected chi connectivity index (χ2v) is 9.23. The molecular formula is C25H23NO4S2. The Morgan fingerprint density at radius 3 is 2.62 bits per heavy atom. The van der Waals surface area contributed by atoms with Gasteiger partial charge in [0.15, 0.2) is 0 Å². The third kappa shape index (κ3) is 4.64. The lowest BCUT2D eigenvalue weighted by Crippen LogP contribution is -2.28. The van der Waals surface area contributed by atoms with Crippen LogP contribution in [0.4, 0.5) is 0 Å². The molecule has 2 heterocycles. The molecule has 0 N–H and O–H groups in total. The molecule has 1 saturated heterocycles. The predicted molar refractivity (Wildman–Crippen MR) is 132 cm³/mol. The van der Waals surface area contributed by atoms with Crippen LogP contribution < -0.4 is 4.74 Å². The van der Waals surface area contributed by atoms with Crippen molar-refractivity contribution in [3.05, 3.63) is 70.3 Å². The zero-order chi connectivity index (χ0) is 22.7. The molecule has 1 fully saturated rings. The van der Waals surface area contributed by atoms with Crippen LogP contribution in [-0.2, 0) is 4.79 Å². The number of thiocarbonyl (C=S) groups is 1. The minimum Gasteiger partial charge on any atom is -0.449 e. The third-order valence-corrected chi connectivity index (χ3v) is 6.65. The lowest BCUT2D eigenvalue weighted by molar-refractivity contribution is -0.122. The fourth-order valence-corrected chi connectivity index (χ4v) is 4.83. The number of furan rings is 1. The van der Waals surface area contributed by atoms with Crippen LogP contribution in [0.1, 0.15) is 47.9 Å². The lowest BCUT2D eigenvalue weighted by atomic mass is 10.1. The Labute approximate surface area is 196 Å². The molecule has 1 aliphatic heterocycles. The van der Waals surface area contributed by atoms with Crippen molar-refractivity contribution in [3.63, 3.8) is 0 Å². The van der Waals surface area contributed by atoms with Crippen LogP contribution in [0.25, 0.3) is 17.0 Å². The van der Waals surface area contributed by atoms with E-state index in [0.29, 0.717) is 27.1 Å². The van der Waals surface area contributed by atoms with Gasteiger partial charge in [-0.2, -0.15) is 0 Å². The molecule has 0 bridgehead atoms. The van der Waals surface area contributed by atoms with Gasteiger partial charge in [0.25, 0.3) is 5.91 Å². The van der Waals surface area contributed by atoms with Gasteiger partial charge in [0, 0.05) is 17.5 Å². The highest BCUT2D eigenvalue weighted by Gasteiger charge is 2.31. The molecule has 1 aliphatic rings. The summed E-state index contributed by atoms with van der Waals surface area (Å²) in [6, 6.07) is 14.5. The maximum atomic E-state index is 12.7. The minimum absolute atomic E-state index is 0.0491. The van der Waals surface area contributed by atoms with Crippen molar-refractivity contribution < 1.29 is 18.7 Å². The smallest absolute Gasteiger partial charge is 0.379 e. The molecule has 0 saturated carbocycles. The van der Waals surface area contributed by atoms with Crippen LogP contribution >= 0.6 is 24.0 Å². The zero-order valence-corrected chi connectivity index (χ0v) is 19.6. The standard InChI is InChI=1S/C25H23NO4S2/c1-3-4-7-14-26-23(27)21(32-25(26)31)15-17-10-12-18(13-11-17)29-24(28)22-16(2)19-8-5-6-9-20(19)30-22/h5-6,8-13,15H,3-4,7,14H2,1-2H3/b21-15+. The maximum absolute atomic E-state index is 12.7. The first kappa shape index (κ1) is 22.3. The Balaban J connectivity index is 1.44. The summed E-state index contributed by atoms with van der Waals surface area (Å²) in [5.41, 5.74) is 2.24. The number of benzene rings is 2. The van der Waals surface area contributed by atoms with Crippen molar-refractivity contribution in [1.82, 2.24) is 4.90 Å². The van der Waals surface area contributed by atoms with Crippen molar-refractivity contribution >= 4 is 57.2 Å². The number of para-hydroxylation sites is 1. The van der Waals surface area contributed by atoms with E-state index in [2.05, 4.69) is 6.92 Å². The second kappa shape index (κ2) is 9.71. The van der Waals surface area contributed by atoms with E-state index in [1.54, 1.807) is 29.2 Å². The molecule has 5 nitrogen and oxygen atoms in total. The Kier molecular flexibility index (Phi) is 6.77. The van der Waals surface area contributed by atoms with Crippen molar-refractivity contribution in [3.8, 4) is 5.75 Å². The quantitative estimate of drug-likeness (QED) is 0.133. The molecule has 0 spiro atoms. The number of aryl methyl sites for hydroxylation is 1. The number of rotatable bonds is 7. The number of amides is 1. The monoisotopic (exact) mass is 465 g/mol. The molecule has 0 unspecified atom stereocenters. The second-order valence-electron chi connectivity index (χ2n) is 7.55.